The van der Waals surface area contributed by atoms with Gasteiger partial charge in [-0.05, 0) is 31.4 Å². The molecule has 0 bridgehead atoms. The summed E-state index contributed by atoms with van der Waals surface area (Å²) in [5.41, 5.74) is 8.76. The summed E-state index contributed by atoms with van der Waals surface area (Å²) in [4.78, 5) is 0. The third kappa shape index (κ3) is 1.97. The topological polar surface area (TPSA) is 44.5 Å². The third-order valence-corrected chi connectivity index (χ3v) is 4.07. The lowest BCUT2D eigenvalue weighted by Crippen LogP contribution is -2.39. The summed E-state index contributed by atoms with van der Waals surface area (Å²) < 4.78 is 11.5. The van der Waals surface area contributed by atoms with Gasteiger partial charge in [0, 0.05) is 11.1 Å². The summed E-state index contributed by atoms with van der Waals surface area (Å²) >= 11 is 0. The molecule has 0 unspecified atom stereocenters. The van der Waals surface area contributed by atoms with E-state index in [9.17, 15) is 0 Å². The Bertz CT molecular complexity index is 450. The van der Waals surface area contributed by atoms with Crippen molar-refractivity contribution in [2.45, 2.75) is 44.6 Å². The van der Waals surface area contributed by atoms with E-state index in [1.54, 1.807) is 0 Å². The van der Waals surface area contributed by atoms with Gasteiger partial charge < -0.3 is 15.2 Å². The van der Waals surface area contributed by atoms with Crippen LogP contribution in [0.3, 0.4) is 0 Å². The summed E-state index contributed by atoms with van der Waals surface area (Å²) in [5, 5.41) is 0. The molecule has 0 atom stereocenters. The highest BCUT2D eigenvalue weighted by Gasteiger charge is 2.34. The quantitative estimate of drug-likeness (QED) is 0.830. The Morgan fingerprint density at radius 3 is 2.56 bits per heavy atom. The normalized spacial score (nSPS) is 21.7. The van der Waals surface area contributed by atoms with Crippen LogP contribution in [-0.4, -0.2) is 13.2 Å². The first-order chi connectivity index (χ1) is 8.69. The van der Waals surface area contributed by atoms with Gasteiger partial charge in [-0.3, -0.25) is 0 Å². The molecule has 1 aliphatic carbocycles. The van der Waals surface area contributed by atoms with Crippen LogP contribution in [0.2, 0.25) is 0 Å². The van der Waals surface area contributed by atoms with Crippen molar-refractivity contribution in [3.63, 3.8) is 0 Å². The summed E-state index contributed by atoms with van der Waals surface area (Å²) in [6.07, 6.45) is 5.81. The molecule has 1 aliphatic heterocycles. The van der Waals surface area contributed by atoms with Gasteiger partial charge in [0.15, 0.2) is 11.5 Å². The van der Waals surface area contributed by atoms with E-state index in [1.165, 1.54) is 24.8 Å². The highest BCUT2D eigenvalue weighted by molar-refractivity contribution is 5.53. The molecule has 0 spiro atoms. The van der Waals surface area contributed by atoms with Crippen LogP contribution in [0, 0.1) is 6.92 Å². The van der Waals surface area contributed by atoms with Crippen LogP contribution in [0.25, 0.3) is 0 Å². The first-order valence-electron chi connectivity index (χ1n) is 6.89. The van der Waals surface area contributed by atoms with Gasteiger partial charge in [-0.15, -0.1) is 0 Å². The van der Waals surface area contributed by atoms with Crippen molar-refractivity contribution in [1.82, 2.24) is 0 Å². The molecule has 2 aliphatic rings. The molecule has 0 saturated heterocycles. The summed E-state index contributed by atoms with van der Waals surface area (Å²) in [5.74, 6) is 1.75. The Hall–Kier alpha value is -1.22. The Labute approximate surface area is 108 Å². The van der Waals surface area contributed by atoms with E-state index in [0.717, 1.165) is 29.9 Å². The van der Waals surface area contributed by atoms with Crippen molar-refractivity contribution < 1.29 is 9.47 Å². The molecule has 1 aromatic rings. The summed E-state index contributed by atoms with van der Waals surface area (Å²) in [6, 6.07) is 4.23. The maximum absolute atomic E-state index is 6.64. The average molecular weight is 247 g/mol. The van der Waals surface area contributed by atoms with E-state index in [2.05, 4.69) is 13.0 Å². The van der Waals surface area contributed by atoms with E-state index < -0.39 is 0 Å². The molecule has 1 saturated carbocycles. The van der Waals surface area contributed by atoms with E-state index >= 15 is 0 Å². The van der Waals surface area contributed by atoms with Gasteiger partial charge in [0.25, 0.3) is 0 Å². The zero-order valence-corrected chi connectivity index (χ0v) is 11.0. The van der Waals surface area contributed by atoms with Crippen LogP contribution in [-0.2, 0) is 5.54 Å². The molecule has 2 N–H and O–H groups in total. The second-order valence-corrected chi connectivity index (χ2v) is 5.55. The van der Waals surface area contributed by atoms with Gasteiger partial charge >= 0.3 is 0 Å². The van der Waals surface area contributed by atoms with Crippen molar-refractivity contribution in [2.75, 3.05) is 13.2 Å². The first kappa shape index (κ1) is 11.8. The molecule has 1 heterocycles. The van der Waals surface area contributed by atoms with Gasteiger partial charge in [-0.1, -0.05) is 25.3 Å². The Morgan fingerprint density at radius 1 is 1.06 bits per heavy atom. The summed E-state index contributed by atoms with van der Waals surface area (Å²) in [6.45, 7) is 3.35. The Balaban J connectivity index is 2.07. The molecule has 3 heteroatoms. The lowest BCUT2D eigenvalue weighted by molar-refractivity contribution is 0.164. The van der Waals surface area contributed by atoms with E-state index in [-0.39, 0.29) is 5.54 Å². The van der Waals surface area contributed by atoms with Crippen molar-refractivity contribution >= 4 is 0 Å². The van der Waals surface area contributed by atoms with Crippen LogP contribution >= 0.6 is 0 Å². The number of nitrogens with two attached hydrogens (primary N) is 1. The second-order valence-electron chi connectivity index (χ2n) is 5.55. The van der Waals surface area contributed by atoms with Gasteiger partial charge in [0.1, 0.15) is 13.2 Å². The average Bonchev–Trinajstić information content (AvgIpc) is 2.38. The fourth-order valence-corrected chi connectivity index (χ4v) is 3.11. The molecule has 98 valence electrons. The van der Waals surface area contributed by atoms with E-state index in [1.807, 2.05) is 6.07 Å². The van der Waals surface area contributed by atoms with Crippen LogP contribution in [0.4, 0.5) is 0 Å². The standard InChI is InChI=1S/C15H21NO2/c1-11-9-12(15(16)5-3-2-4-6-15)14-13(10-11)17-7-8-18-14/h9-10H,2-8,16H2,1H3. The molecule has 1 aromatic carbocycles. The molecule has 0 radical (unpaired) electrons. The van der Waals surface area contributed by atoms with Gasteiger partial charge in [-0.2, -0.15) is 0 Å². The molecule has 3 nitrogen and oxygen atoms in total. The Morgan fingerprint density at radius 2 is 1.78 bits per heavy atom. The lowest BCUT2D eigenvalue weighted by atomic mass is 9.76. The SMILES string of the molecule is Cc1cc2c(c(C3(N)CCCCC3)c1)OCCO2. The maximum Gasteiger partial charge on any atom is 0.166 e. The van der Waals surface area contributed by atoms with Crippen LogP contribution in [0.1, 0.15) is 43.2 Å². The number of fused-ring (bicyclic) bond motifs is 1. The molecule has 0 amide bonds. The van der Waals surface area contributed by atoms with Crippen molar-refractivity contribution in [1.29, 1.82) is 0 Å². The minimum Gasteiger partial charge on any atom is -0.486 e. The molecule has 3 rings (SSSR count). The molecule has 0 aromatic heterocycles. The lowest BCUT2D eigenvalue weighted by Gasteiger charge is -2.36. The third-order valence-electron chi connectivity index (χ3n) is 4.07. The molecular formula is C15H21NO2. The minimum atomic E-state index is -0.227. The van der Waals surface area contributed by atoms with Crippen molar-refractivity contribution in [2.24, 2.45) is 5.73 Å². The van der Waals surface area contributed by atoms with E-state index in [4.69, 9.17) is 15.2 Å². The zero-order valence-electron chi connectivity index (χ0n) is 11.0. The second kappa shape index (κ2) is 4.47. The Kier molecular flexibility index (Phi) is 2.94. The monoisotopic (exact) mass is 247 g/mol. The van der Waals surface area contributed by atoms with Crippen molar-refractivity contribution in [3.05, 3.63) is 23.3 Å². The predicted molar refractivity (Wildman–Crippen MR) is 71.1 cm³/mol. The largest absolute Gasteiger partial charge is 0.486 e. The minimum absolute atomic E-state index is 0.227. The van der Waals surface area contributed by atoms with Crippen molar-refractivity contribution in [3.8, 4) is 11.5 Å². The number of hydrogen-bond donors (Lipinski definition) is 1. The van der Waals surface area contributed by atoms with Crippen LogP contribution < -0.4 is 15.2 Å². The van der Waals surface area contributed by atoms with Gasteiger partial charge in [-0.25, -0.2) is 0 Å². The molecule has 18 heavy (non-hydrogen) atoms. The predicted octanol–water partition coefficient (Wildman–Crippen LogP) is 2.88. The number of ether oxygens (including phenoxy) is 2. The first-order valence-corrected chi connectivity index (χ1v) is 6.89. The number of rotatable bonds is 1. The summed E-state index contributed by atoms with van der Waals surface area (Å²) in [7, 11) is 0. The molecule has 1 fully saturated rings. The number of hydrogen-bond acceptors (Lipinski definition) is 3. The van der Waals surface area contributed by atoms with Crippen LogP contribution in [0.5, 0.6) is 11.5 Å². The fraction of sp³-hybridized carbons (Fsp3) is 0.600. The number of benzene rings is 1. The smallest absolute Gasteiger partial charge is 0.166 e. The van der Waals surface area contributed by atoms with Crippen LogP contribution in [0.15, 0.2) is 12.1 Å². The van der Waals surface area contributed by atoms with Gasteiger partial charge in [0.05, 0.1) is 0 Å². The van der Waals surface area contributed by atoms with E-state index in [0.29, 0.717) is 13.2 Å². The highest BCUT2D eigenvalue weighted by atomic mass is 16.6. The number of aryl methyl sites for hydroxylation is 1. The fourth-order valence-electron chi connectivity index (χ4n) is 3.11. The van der Waals surface area contributed by atoms with Gasteiger partial charge in [0.2, 0.25) is 0 Å². The maximum atomic E-state index is 6.64. The zero-order chi connectivity index (χ0) is 12.6. The highest BCUT2D eigenvalue weighted by Crippen LogP contribution is 2.44. The molecular weight excluding hydrogens is 226 g/mol.